The van der Waals surface area contributed by atoms with Crippen LogP contribution in [0.5, 0.6) is 11.5 Å². The van der Waals surface area contributed by atoms with Gasteiger partial charge in [0.05, 0.1) is 19.8 Å². The Balaban J connectivity index is 1.37. The molecule has 2 aromatic rings. The minimum Gasteiger partial charge on any atom is -0.497 e. The van der Waals surface area contributed by atoms with Gasteiger partial charge < -0.3 is 18.9 Å². The number of carbonyl (C=O) groups is 1. The number of benzene rings is 1. The fourth-order valence-electron chi connectivity index (χ4n) is 4.23. The molecule has 0 radical (unpaired) electrons. The Labute approximate surface area is 172 Å². The number of likely N-dealkylation sites (tertiary alicyclic amines) is 1. The molecule has 6 nitrogen and oxygen atoms in total. The molecule has 0 N–H and O–H groups in total. The summed E-state index contributed by atoms with van der Waals surface area (Å²) >= 11 is 0. The number of hydrogen-bond acceptors (Lipinski definition) is 4. The monoisotopic (exact) mass is 397 g/mol. The van der Waals surface area contributed by atoms with Crippen LogP contribution in [0.2, 0.25) is 0 Å². The summed E-state index contributed by atoms with van der Waals surface area (Å²) in [6.45, 7) is 4.83. The zero-order valence-corrected chi connectivity index (χ0v) is 17.7. The summed E-state index contributed by atoms with van der Waals surface area (Å²) in [7, 11) is 3.20. The molecule has 4 rings (SSSR count). The SMILES string of the molecule is COc1ccc(C(=O)N2CCC(Cc3ncc(C)n3CC3CC3)CC2)c(OC)c1. The minimum atomic E-state index is 0.0361. The van der Waals surface area contributed by atoms with Crippen LogP contribution >= 0.6 is 0 Å². The summed E-state index contributed by atoms with van der Waals surface area (Å²) in [5.74, 6) is 3.94. The number of imidazole rings is 1. The largest absolute Gasteiger partial charge is 0.497 e. The molecule has 2 heterocycles. The second-order valence-corrected chi connectivity index (χ2v) is 8.38. The molecule has 0 bridgehead atoms. The summed E-state index contributed by atoms with van der Waals surface area (Å²) in [6, 6.07) is 5.37. The number of aryl methyl sites for hydroxylation is 1. The van der Waals surface area contributed by atoms with E-state index in [9.17, 15) is 4.79 Å². The van der Waals surface area contributed by atoms with Crippen molar-refractivity contribution in [2.45, 2.75) is 45.6 Å². The van der Waals surface area contributed by atoms with Crippen molar-refractivity contribution in [3.05, 3.63) is 41.5 Å². The van der Waals surface area contributed by atoms with E-state index in [2.05, 4.69) is 16.5 Å². The van der Waals surface area contributed by atoms with Crippen molar-refractivity contribution < 1.29 is 14.3 Å². The van der Waals surface area contributed by atoms with Crippen LogP contribution in [0.15, 0.2) is 24.4 Å². The van der Waals surface area contributed by atoms with Crippen molar-refractivity contribution in [1.82, 2.24) is 14.5 Å². The Morgan fingerprint density at radius 2 is 1.86 bits per heavy atom. The Morgan fingerprint density at radius 1 is 1.10 bits per heavy atom. The summed E-state index contributed by atoms with van der Waals surface area (Å²) in [5, 5.41) is 0. The number of aromatic nitrogens is 2. The van der Waals surface area contributed by atoms with Crippen LogP contribution in [0, 0.1) is 18.8 Å². The summed E-state index contributed by atoms with van der Waals surface area (Å²) in [5.41, 5.74) is 1.87. The molecule has 1 aliphatic carbocycles. The lowest BCUT2D eigenvalue weighted by Crippen LogP contribution is -2.39. The lowest BCUT2D eigenvalue weighted by Gasteiger charge is -2.32. The molecule has 156 valence electrons. The van der Waals surface area contributed by atoms with Gasteiger partial charge in [0.2, 0.25) is 0 Å². The van der Waals surface area contributed by atoms with Gasteiger partial charge in [-0.05, 0) is 56.6 Å². The van der Waals surface area contributed by atoms with Crippen molar-refractivity contribution in [3.63, 3.8) is 0 Å². The smallest absolute Gasteiger partial charge is 0.257 e. The van der Waals surface area contributed by atoms with Crippen molar-refractivity contribution in [1.29, 1.82) is 0 Å². The van der Waals surface area contributed by atoms with E-state index >= 15 is 0 Å². The minimum absolute atomic E-state index is 0.0361. The van der Waals surface area contributed by atoms with E-state index in [4.69, 9.17) is 9.47 Å². The third-order valence-corrected chi connectivity index (χ3v) is 6.29. The molecule has 2 fully saturated rings. The van der Waals surface area contributed by atoms with Crippen LogP contribution in [0.3, 0.4) is 0 Å². The van der Waals surface area contributed by atoms with Crippen LogP contribution in [0.25, 0.3) is 0 Å². The Bertz CT molecular complexity index is 864. The molecule has 1 aromatic carbocycles. The van der Waals surface area contributed by atoms with Gasteiger partial charge in [-0.15, -0.1) is 0 Å². The average molecular weight is 398 g/mol. The van der Waals surface area contributed by atoms with Crippen molar-refractivity contribution in [2.24, 2.45) is 11.8 Å². The number of carbonyl (C=O) groups excluding carboxylic acids is 1. The predicted molar refractivity (Wildman–Crippen MR) is 112 cm³/mol. The van der Waals surface area contributed by atoms with Gasteiger partial charge in [0.15, 0.2) is 0 Å². The van der Waals surface area contributed by atoms with E-state index < -0.39 is 0 Å². The molecule has 2 aliphatic rings. The van der Waals surface area contributed by atoms with Gasteiger partial charge in [0.1, 0.15) is 17.3 Å². The fraction of sp³-hybridized carbons (Fsp3) is 0.565. The highest BCUT2D eigenvalue weighted by Crippen LogP contribution is 2.32. The highest BCUT2D eigenvalue weighted by atomic mass is 16.5. The Kier molecular flexibility index (Phi) is 5.79. The fourth-order valence-corrected chi connectivity index (χ4v) is 4.23. The van der Waals surface area contributed by atoms with E-state index in [0.29, 0.717) is 23.0 Å². The van der Waals surface area contributed by atoms with Crippen LogP contribution in [-0.2, 0) is 13.0 Å². The van der Waals surface area contributed by atoms with Crippen LogP contribution in [0.4, 0.5) is 0 Å². The molecule has 29 heavy (non-hydrogen) atoms. The molecule has 1 saturated heterocycles. The van der Waals surface area contributed by atoms with E-state index in [1.54, 1.807) is 26.4 Å². The van der Waals surface area contributed by atoms with Crippen LogP contribution in [0.1, 0.15) is 47.6 Å². The summed E-state index contributed by atoms with van der Waals surface area (Å²) in [4.78, 5) is 19.7. The Morgan fingerprint density at radius 3 is 2.52 bits per heavy atom. The molecule has 0 spiro atoms. The number of rotatable bonds is 7. The molecule has 0 unspecified atom stereocenters. The van der Waals surface area contributed by atoms with Gasteiger partial charge in [-0.2, -0.15) is 0 Å². The first kappa shape index (κ1) is 19.8. The third kappa shape index (κ3) is 4.41. The number of piperidine rings is 1. The maximum absolute atomic E-state index is 13.0. The Hall–Kier alpha value is -2.50. The van der Waals surface area contributed by atoms with Gasteiger partial charge in [0, 0.05) is 44.0 Å². The third-order valence-electron chi connectivity index (χ3n) is 6.29. The van der Waals surface area contributed by atoms with E-state index in [1.807, 2.05) is 17.2 Å². The number of amides is 1. The van der Waals surface area contributed by atoms with Crippen LogP contribution < -0.4 is 9.47 Å². The first-order chi connectivity index (χ1) is 14.1. The van der Waals surface area contributed by atoms with Crippen LogP contribution in [-0.4, -0.2) is 47.7 Å². The first-order valence-electron chi connectivity index (χ1n) is 10.6. The number of ether oxygens (including phenoxy) is 2. The first-order valence-corrected chi connectivity index (χ1v) is 10.6. The van der Waals surface area contributed by atoms with E-state index in [1.165, 1.54) is 24.4 Å². The quantitative estimate of drug-likeness (QED) is 0.715. The van der Waals surface area contributed by atoms with Gasteiger partial charge >= 0.3 is 0 Å². The number of hydrogen-bond donors (Lipinski definition) is 0. The zero-order chi connectivity index (χ0) is 20.4. The molecular formula is C23H31N3O3. The second kappa shape index (κ2) is 8.47. The van der Waals surface area contributed by atoms with Gasteiger partial charge in [-0.25, -0.2) is 4.98 Å². The van der Waals surface area contributed by atoms with E-state index in [-0.39, 0.29) is 5.91 Å². The zero-order valence-electron chi connectivity index (χ0n) is 17.7. The standard InChI is InChI=1S/C23H31N3O3/c1-16-14-24-22(26(16)15-18-4-5-18)12-17-8-10-25(11-9-17)23(27)20-7-6-19(28-2)13-21(20)29-3/h6-7,13-14,17-18H,4-5,8-12,15H2,1-3H3. The molecule has 1 aromatic heterocycles. The van der Waals surface area contributed by atoms with Gasteiger partial charge in [-0.3, -0.25) is 4.79 Å². The van der Waals surface area contributed by atoms with Gasteiger partial charge in [0.25, 0.3) is 5.91 Å². The van der Waals surface area contributed by atoms with Crippen molar-refractivity contribution in [3.8, 4) is 11.5 Å². The summed E-state index contributed by atoms with van der Waals surface area (Å²) < 4.78 is 13.1. The molecule has 1 saturated carbocycles. The lowest BCUT2D eigenvalue weighted by atomic mass is 9.92. The molecular weight excluding hydrogens is 366 g/mol. The predicted octanol–water partition coefficient (Wildman–Crippen LogP) is 3.71. The topological polar surface area (TPSA) is 56.6 Å². The average Bonchev–Trinajstić information content (AvgIpc) is 3.52. The molecule has 6 heteroatoms. The van der Waals surface area contributed by atoms with Crippen molar-refractivity contribution >= 4 is 5.91 Å². The number of nitrogens with zero attached hydrogens (tertiary/aromatic N) is 3. The number of methoxy groups -OCH3 is 2. The second-order valence-electron chi connectivity index (χ2n) is 8.38. The highest BCUT2D eigenvalue weighted by molar-refractivity contribution is 5.97. The maximum atomic E-state index is 13.0. The van der Waals surface area contributed by atoms with Gasteiger partial charge in [-0.1, -0.05) is 0 Å². The highest BCUT2D eigenvalue weighted by Gasteiger charge is 2.28. The van der Waals surface area contributed by atoms with Crippen molar-refractivity contribution in [2.75, 3.05) is 27.3 Å². The van der Waals surface area contributed by atoms with E-state index in [0.717, 1.165) is 44.8 Å². The molecule has 0 atom stereocenters. The molecule has 1 aliphatic heterocycles. The maximum Gasteiger partial charge on any atom is 0.257 e. The summed E-state index contributed by atoms with van der Waals surface area (Å²) in [6.07, 6.45) is 7.75. The normalized spacial score (nSPS) is 17.4. The molecule has 1 amide bonds. The lowest BCUT2D eigenvalue weighted by molar-refractivity contribution is 0.0686.